The lowest BCUT2D eigenvalue weighted by molar-refractivity contribution is -0.301. The monoisotopic (exact) mass is 631 g/mol. The van der Waals surface area contributed by atoms with Crippen molar-refractivity contribution in [1.29, 1.82) is 0 Å². The normalized spacial score (nSPS) is 42.6. The van der Waals surface area contributed by atoms with E-state index in [1.165, 1.54) is 46.0 Å². The van der Waals surface area contributed by atoms with Gasteiger partial charge in [0.1, 0.15) is 0 Å². The molecular weight excluding hydrogens is 578 g/mol. The molecule has 1 aromatic heterocycles. The first kappa shape index (κ1) is 31.1. The molecule has 7 nitrogen and oxygen atoms in total. The fraction of sp³-hybridized carbons (Fsp3) is 0.718. The van der Waals surface area contributed by atoms with Crippen LogP contribution in [0.5, 0.6) is 0 Å². The molecule has 3 heterocycles. The van der Waals surface area contributed by atoms with Crippen molar-refractivity contribution in [3.63, 3.8) is 0 Å². The van der Waals surface area contributed by atoms with E-state index in [4.69, 9.17) is 14.2 Å². The summed E-state index contributed by atoms with van der Waals surface area (Å²) in [7, 11) is 1.34. The molecule has 250 valence electrons. The first-order valence-corrected chi connectivity index (χ1v) is 17.7. The van der Waals surface area contributed by atoms with Gasteiger partial charge in [-0.1, -0.05) is 20.8 Å². The lowest BCUT2D eigenvalue weighted by Gasteiger charge is -2.65. The molecule has 1 saturated heterocycles. The topological polar surface area (TPSA) is 101 Å². The molecule has 3 N–H and O–H groups in total. The molecule has 3 fully saturated rings. The van der Waals surface area contributed by atoms with E-state index >= 15 is 0 Å². The molecule has 2 aromatic rings. The standard InChI is InChI=1S/C39H53NO6/c1-20(33(42)44-9)31(41)29-19-37(7)30-11-10-22-16-25-24-17-23-21(14-27-26(23)18-34(2,3)46-35(27,4)5)15-28(24)40-32(25)38(22,8)36(30,6)12-13-39(37,43)45-29/h15,17-18,20,22,27,29-31,40-41,43H,10-14,16,19H2,1-9H3/t20-,22-,27-,29-,30+,31+,36-,37-,38+,39-/m0/s1. The van der Waals surface area contributed by atoms with Gasteiger partial charge in [0.25, 0.3) is 0 Å². The number of benzene rings is 1. The van der Waals surface area contributed by atoms with Crippen molar-refractivity contribution in [1.82, 2.24) is 4.98 Å². The average Bonchev–Trinajstić information content (AvgIpc) is 3.68. The second-order valence-electron chi connectivity index (χ2n) is 17.7. The minimum absolute atomic E-state index is 0.0781. The molecule has 0 amide bonds. The molecule has 1 aromatic carbocycles. The minimum atomic E-state index is -1.33. The molecule has 7 heteroatoms. The summed E-state index contributed by atoms with van der Waals surface area (Å²) < 4.78 is 17.9. The summed E-state index contributed by atoms with van der Waals surface area (Å²) in [5, 5.41) is 24.7. The van der Waals surface area contributed by atoms with E-state index in [1.54, 1.807) is 6.92 Å². The van der Waals surface area contributed by atoms with E-state index in [2.05, 4.69) is 71.7 Å². The van der Waals surface area contributed by atoms with Crippen LogP contribution < -0.4 is 0 Å². The van der Waals surface area contributed by atoms with Gasteiger partial charge in [-0.2, -0.15) is 0 Å². The van der Waals surface area contributed by atoms with E-state index in [-0.39, 0.29) is 27.9 Å². The maximum Gasteiger partial charge on any atom is 0.311 e. The molecule has 0 spiro atoms. The Balaban J connectivity index is 1.18. The summed E-state index contributed by atoms with van der Waals surface area (Å²) in [5.74, 6) is -1.43. The molecule has 0 radical (unpaired) electrons. The molecule has 46 heavy (non-hydrogen) atoms. The number of methoxy groups -OCH3 is 1. The third kappa shape index (κ3) is 3.72. The number of aliphatic hydroxyl groups excluding tert-OH is 1. The van der Waals surface area contributed by atoms with Crippen molar-refractivity contribution in [3.05, 3.63) is 40.6 Å². The summed E-state index contributed by atoms with van der Waals surface area (Å²) in [6, 6.07) is 4.91. The maximum atomic E-state index is 12.3. The Hall–Kier alpha value is -2.19. The van der Waals surface area contributed by atoms with Crippen molar-refractivity contribution in [2.45, 2.75) is 135 Å². The highest BCUT2D eigenvalue weighted by atomic mass is 16.6. The maximum absolute atomic E-state index is 12.3. The summed E-state index contributed by atoms with van der Waals surface area (Å²) in [4.78, 5) is 16.3. The van der Waals surface area contributed by atoms with Crippen LogP contribution in [0.1, 0.15) is 110 Å². The van der Waals surface area contributed by atoms with Gasteiger partial charge in [-0.25, -0.2) is 0 Å². The van der Waals surface area contributed by atoms with Gasteiger partial charge in [-0.15, -0.1) is 0 Å². The summed E-state index contributed by atoms with van der Waals surface area (Å²) >= 11 is 0. The number of rotatable bonds is 3. The lowest BCUT2D eigenvalue weighted by atomic mass is 9.40. The largest absolute Gasteiger partial charge is 0.469 e. The van der Waals surface area contributed by atoms with Crippen LogP contribution in [0, 0.1) is 34.5 Å². The SMILES string of the molecule is COC(=O)[C@@H](C)[C@@H](O)[C@@H]1C[C@@]2(C)[C@@H]3CC[C@H]4Cc5c([nH]c6cc7c(cc56)C5=CC(C)(C)OC(C)(C)[C@H]5C7)[C@]4(C)[C@@]3(C)CC[C@]2(O)O1. The van der Waals surface area contributed by atoms with Crippen LogP contribution in [0.2, 0.25) is 0 Å². The van der Waals surface area contributed by atoms with Crippen LogP contribution in [-0.2, 0) is 37.3 Å². The van der Waals surface area contributed by atoms with Crippen LogP contribution in [0.3, 0.4) is 0 Å². The molecular formula is C39H53NO6. The predicted molar refractivity (Wildman–Crippen MR) is 177 cm³/mol. The van der Waals surface area contributed by atoms with Crippen LogP contribution in [-0.4, -0.2) is 57.5 Å². The first-order valence-electron chi connectivity index (χ1n) is 17.7. The molecule has 6 aliphatic rings. The number of fused-ring (bicyclic) bond motifs is 12. The zero-order valence-electron chi connectivity index (χ0n) is 29.2. The molecule has 0 bridgehead atoms. The highest BCUT2D eigenvalue weighted by Gasteiger charge is 2.73. The van der Waals surface area contributed by atoms with Gasteiger partial charge in [0, 0.05) is 39.8 Å². The van der Waals surface area contributed by atoms with Crippen LogP contribution in [0.15, 0.2) is 18.2 Å². The fourth-order valence-corrected chi connectivity index (χ4v) is 12.2. The smallest absolute Gasteiger partial charge is 0.311 e. The van der Waals surface area contributed by atoms with E-state index in [0.717, 1.165) is 32.1 Å². The molecule has 4 aliphatic carbocycles. The quantitative estimate of drug-likeness (QED) is 0.330. The highest BCUT2D eigenvalue weighted by Crippen LogP contribution is 2.73. The van der Waals surface area contributed by atoms with E-state index in [1.807, 2.05) is 0 Å². The second-order valence-corrected chi connectivity index (χ2v) is 17.7. The Morgan fingerprint density at radius 3 is 2.50 bits per heavy atom. The number of aromatic nitrogens is 1. The Morgan fingerprint density at radius 2 is 1.78 bits per heavy atom. The predicted octanol–water partition coefficient (Wildman–Crippen LogP) is 6.60. The first-order chi connectivity index (χ1) is 21.4. The Kier molecular flexibility index (Phi) is 6.27. The minimum Gasteiger partial charge on any atom is -0.469 e. The van der Waals surface area contributed by atoms with Crippen LogP contribution in [0.4, 0.5) is 0 Å². The van der Waals surface area contributed by atoms with E-state index < -0.39 is 35.3 Å². The van der Waals surface area contributed by atoms with Crippen molar-refractivity contribution >= 4 is 22.4 Å². The van der Waals surface area contributed by atoms with Gasteiger partial charge in [-0.05, 0) is 131 Å². The van der Waals surface area contributed by atoms with Gasteiger partial charge >= 0.3 is 5.97 Å². The number of ether oxygens (including phenoxy) is 3. The van der Waals surface area contributed by atoms with Crippen molar-refractivity contribution < 1.29 is 29.2 Å². The third-order valence-electron chi connectivity index (χ3n) is 14.7. The number of aromatic amines is 1. The highest BCUT2D eigenvalue weighted by molar-refractivity contribution is 5.92. The van der Waals surface area contributed by atoms with Gasteiger partial charge in [0.05, 0.1) is 36.4 Å². The summed E-state index contributed by atoms with van der Waals surface area (Å²) in [5.41, 5.74) is 7.15. The van der Waals surface area contributed by atoms with E-state index in [9.17, 15) is 15.0 Å². The van der Waals surface area contributed by atoms with Gasteiger partial charge in [-0.3, -0.25) is 4.79 Å². The molecule has 8 rings (SSSR count). The Bertz CT molecular complexity index is 1690. The molecule has 10 atom stereocenters. The zero-order valence-corrected chi connectivity index (χ0v) is 29.2. The summed E-state index contributed by atoms with van der Waals surface area (Å²) in [6.45, 7) is 17.7. The number of H-pyrrole nitrogens is 1. The van der Waals surface area contributed by atoms with Crippen molar-refractivity contribution in [2.75, 3.05) is 7.11 Å². The van der Waals surface area contributed by atoms with Crippen LogP contribution >= 0.6 is 0 Å². The number of nitrogens with one attached hydrogen (secondary N) is 1. The second kappa shape index (κ2) is 9.28. The number of esters is 1. The van der Waals surface area contributed by atoms with Crippen molar-refractivity contribution in [3.8, 4) is 0 Å². The average molecular weight is 632 g/mol. The Labute approximate surface area is 273 Å². The zero-order chi connectivity index (χ0) is 33.0. The Morgan fingerprint density at radius 1 is 1.04 bits per heavy atom. The fourth-order valence-electron chi connectivity index (χ4n) is 12.2. The molecule has 2 aliphatic heterocycles. The van der Waals surface area contributed by atoms with Crippen molar-refractivity contribution in [2.24, 2.45) is 34.5 Å². The molecule has 0 unspecified atom stereocenters. The van der Waals surface area contributed by atoms with Gasteiger partial charge in [0.15, 0.2) is 5.79 Å². The number of carbonyl (C=O) groups is 1. The number of hydrogen-bond acceptors (Lipinski definition) is 6. The van der Waals surface area contributed by atoms with Gasteiger partial charge < -0.3 is 29.4 Å². The number of hydrogen-bond donors (Lipinski definition) is 3. The van der Waals surface area contributed by atoms with Gasteiger partial charge in [0.2, 0.25) is 0 Å². The molecule has 2 saturated carbocycles. The number of carbonyl (C=O) groups excluding carboxylic acids is 1. The van der Waals surface area contributed by atoms with E-state index in [0.29, 0.717) is 24.7 Å². The van der Waals surface area contributed by atoms with Crippen LogP contribution in [0.25, 0.3) is 16.5 Å². The lowest BCUT2D eigenvalue weighted by Crippen LogP contribution is -2.65. The number of aliphatic hydroxyl groups is 2. The summed E-state index contributed by atoms with van der Waals surface area (Å²) in [6.07, 6.45) is 6.78. The third-order valence-corrected chi connectivity index (χ3v) is 14.7.